The second-order valence-corrected chi connectivity index (χ2v) is 7.08. The van der Waals surface area contributed by atoms with Crippen molar-refractivity contribution in [1.29, 1.82) is 0 Å². The van der Waals surface area contributed by atoms with E-state index in [4.69, 9.17) is 0 Å². The van der Waals surface area contributed by atoms with Gasteiger partial charge in [0.15, 0.2) is 5.82 Å². The average Bonchev–Trinajstić information content (AvgIpc) is 2.64. The molecule has 0 atom stereocenters. The molecule has 0 aliphatic heterocycles. The third-order valence-electron chi connectivity index (χ3n) is 5.39. The van der Waals surface area contributed by atoms with E-state index in [2.05, 4.69) is 11.9 Å². The van der Waals surface area contributed by atoms with E-state index in [-0.39, 0.29) is 5.56 Å². The molecule has 0 N–H and O–H groups in total. The summed E-state index contributed by atoms with van der Waals surface area (Å²) in [6.07, 6.45) is 8.84. The Bertz CT molecular complexity index is 704. The van der Waals surface area contributed by atoms with Gasteiger partial charge >= 0.3 is 0 Å². The number of benzene rings is 1. The van der Waals surface area contributed by atoms with Crippen LogP contribution in [-0.2, 0) is 0 Å². The van der Waals surface area contributed by atoms with Crippen LogP contribution in [0.1, 0.15) is 63.4 Å². The van der Waals surface area contributed by atoms with Crippen LogP contribution in [0.2, 0.25) is 0 Å². The number of hydrogen-bond acceptors (Lipinski definition) is 1. The van der Waals surface area contributed by atoms with Crippen LogP contribution in [0.15, 0.2) is 30.3 Å². The highest BCUT2D eigenvalue weighted by atomic mass is 19.2. The Morgan fingerprint density at radius 2 is 1.64 bits per heavy atom. The Hall–Kier alpha value is -1.84. The first kappa shape index (κ1) is 18.0. The molecule has 1 aromatic heterocycles. The van der Waals surface area contributed by atoms with Gasteiger partial charge in [0.1, 0.15) is 0 Å². The molecule has 1 saturated carbocycles. The average molecular weight is 347 g/mol. The first-order chi connectivity index (χ1) is 12.1. The van der Waals surface area contributed by atoms with Crippen molar-refractivity contribution < 1.29 is 13.2 Å². The lowest BCUT2D eigenvalue weighted by molar-refractivity contribution is 0.304. The number of halogens is 3. The van der Waals surface area contributed by atoms with Gasteiger partial charge in [-0.05, 0) is 54.7 Å². The van der Waals surface area contributed by atoms with Gasteiger partial charge in [-0.1, -0.05) is 50.5 Å². The first-order valence-electron chi connectivity index (χ1n) is 9.20. The van der Waals surface area contributed by atoms with Gasteiger partial charge in [0.05, 0.1) is 0 Å². The Morgan fingerprint density at radius 3 is 2.28 bits per heavy atom. The summed E-state index contributed by atoms with van der Waals surface area (Å²) in [5.41, 5.74) is 1.76. The second-order valence-electron chi connectivity index (χ2n) is 7.08. The van der Waals surface area contributed by atoms with Crippen molar-refractivity contribution in [1.82, 2.24) is 4.98 Å². The summed E-state index contributed by atoms with van der Waals surface area (Å²) in [5, 5.41) is 0. The summed E-state index contributed by atoms with van der Waals surface area (Å²) >= 11 is 0. The predicted molar refractivity (Wildman–Crippen MR) is 93.8 cm³/mol. The Labute approximate surface area is 147 Å². The number of nitrogens with zero attached hydrogens (tertiary/aromatic N) is 1. The van der Waals surface area contributed by atoms with Gasteiger partial charge < -0.3 is 0 Å². The molecule has 0 radical (unpaired) electrons. The van der Waals surface area contributed by atoms with Gasteiger partial charge in [0.2, 0.25) is 5.95 Å². The number of unbranched alkanes of at least 4 members (excludes halogenated alkanes) is 1. The summed E-state index contributed by atoms with van der Waals surface area (Å²) in [7, 11) is 0. The molecule has 1 fully saturated rings. The molecule has 0 unspecified atom stereocenters. The Kier molecular flexibility index (Phi) is 5.77. The van der Waals surface area contributed by atoms with E-state index >= 15 is 0 Å². The molecule has 1 aliphatic rings. The van der Waals surface area contributed by atoms with Crippen molar-refractivity contribution in [2.45, 2.75) is 57.8 Å². The highest BCUT2D eigenvalue weighted by Gasteiger charge is 2.22. The normalized spacial score (nSPS) is 20.6. The van der Waals surface area contributed by atoms with Crippen molar-refractivity contribution in [2.75, 3.05) is 0 Å². The maximum Gasteiger partial charge on any atom is 0.251 e. The van der Waals surface area contributed by atoms with Crippen molar-refractivity contribution in [3.05, 3.63) is 53.6 Å². The zero-order chi connectivity index (χ0) is 17.8. The molecule has 3 rings (SSSR count). The minimum Gasteiger partial charge on any atom is -0.202 e. The molecule has 1 nitrogen and oxygen atoms in total. The summed E-state index contributed by atoms with van der Waals surface area (Å²) in [6, 6.07) is 8.37. The molecule has 0 spiro atoms. The number of rotatable bonds is 5. The predicted octanol–water partition coefficient (Wildman–Crippen LogP) is 6.63. The topological polar surface area (TPSA) is 12.9 Å². The molecule has 4 heteroatoms. The third-order valence-corrected chi connectivity index (χ3v) is 5.39. The number of pyridine rings is 1. The minimum atomic E-state index is -1.40. The standard InChI is InChI=1S/C21H24F3N/c1-2-3-4-14-5-7-15(8-6-14)16-9-11-17(12-10-16)18-13-19(22)21(24)25-20(18)23/h9-15H,2-8H2,1H3/t14-,15-. The smallest absolute Gasteiger partial charge is 0.202 e. The van der Waals surface area contributed by atoms with E-state index in [9.17, 15) is 13.2 Å². The van der Waals surface area contributed by atoms with Gasteiger partial charge in [0.25, 0.3) is 5.95 Å². The van der Waals surface area contributed by atoms with E-state index in [1.165, 1.54) is 50.5 Å². The Balaban J connectivity index is 1.68. The molecule has 25 heavy (non-hydrogen) atoms. The molecule has 0 saturated heterocycles. The van der Waals surface area contributed by atoms with E-state index in [0.717, 1.165) is 12.0 Å². The van der Waals surface area contributed by atoms with Crippen molar-refractivity contribution in [3.63, 3.8) is 0 Å². The maximum atomic E-state index is 13.8. The molecular formula is C21H24F3N. The van der Waals surface area contributed by atoms with Gasteiger partial charge in [-0.2, -0.15) is 13.8 Å². The van der Waals surface area contributed by atoms with Gasteiger partial charge in [-0.15, -0.1) is 0 Å². The van der Waals surface area contributed by atoms with Crippen LogP contribution in [-0.4, -0.2) is 4.98 Å². The lowest BCUT2D eigenvalue weighted by atomic mass is 9.77. The van der Waals surface area contributed by atoms with Crippen LogP contribution in [0.3, 0.4) is 0 Å². The summed E-state index contributed by atoms with van der Waals surface area (Å²) in [4.78, 5) is 2.99. The summed E-state index contributed by atoms with van der Waals surface area (Å²) in [6.45, 7) is 2.23. The number of aromatic nitrogens is 1. The second kappa shape index (κ2) is 8.03. The van der Waals surface area contributed by atoms with E-state index < -0.39 is 17.7 Å². The summed E-state index contributed by atoms with van der Waals surface area (Å²) < 4.78 is 40.1. The van der Waals surface area contributed by atoms with Crippen LogP contribution < -0.4 is 0 Å². The first-order valence-corrected chi connectivity index (χ1v) is 9.20. The van der Waals surface area contributed by atoms with E-state index in [1.54, 1.807) is 12.1 Å². The zero-order valence-electron chi connectivity index (χ0n) is 14.6. The molecule has 134 valence electrons. The molecule has 1 aromatic carbocycles. The van der Waals surface area contributed by atoms with E-state index in [1.807, 2.05) is 12.1 Å². The van der Waals surface area contributed by atoms with Crippen molar-refractivity contribution >= 4 is 0 Å². The molecule has 0 bridgehead atoms. The minimum absolute atomic E-state index is 0.00581. The largest absolute Gasteiger partial charge is 0.251 e. The fourth-order valence-electron chi connectivity index (χ4n) is 3.86. The lowest BCUT2D eigenvalue weighted by Gasteiger charge is -2.29. The van der Waals surface area contributed by atoms with Gasteiger partial charge in [-0.3, -0.25) is 0 Å². The highest BCUT2D eigenvalue weighted by Crippen LogP contribution is 2.38. The van der Waals surface area contributed by atoms with Crippen LogP contribution >= 0.6 is 0 Å². The molecule has 0 amide bonds. The third kappa shape index (κ3) is 4.23. The van der Waals surface area contributed by atoms with Gasteiger partial charge in [-0.25, -0.2) is 4.39 Å². The SMILES string of the molecule is CCCC[C@H]1CC[C@H](c2ccc(-c3cc(F)c(F)nc3F)cc2)CC1. The van der Waals surface area contributed by atoms with Crippen molar-refractivity contribution in [3.8, 4) is 11.1 Å². The monoisotopic (exact) mass is 347 g/mol. The van der Waals surface area contributed by atoms with Crippen LogP contribution in [0.5, 0.6) is 0 Å². The van der Waals surface area contributed by atoms with Gasteiger partial charge in [0, 0.05) is 5.56 Å². The molecule has 2 aromatic rings. The van der Waals surface area contributed by atoms with Crippen LogP contribution in [0, 0.1) is 23.6 Å². The van der Waals surface area contributed by atoms with Crippen LogP contribution in [0.4, 0.5) is 13.2 Å². The fourth-order valence-corrected chi connectivity index (χ4v) is 3.86. The summed E-state index contributed by atoms with van der Waals surface area (Å²) in [5.74, 6) is -2.12. The Morgan fingerprint density at radius 1 is 0.960 bits per heavy atom. The highest BCUT2D eigenvalue weighted by molar-refractivity contribution is 5.63. The molecule has 1 aliphatic carbocycles. The molecule has 1 heterocycles. The van der Waals surface area contributed by atoms with E-state index in [0.29, 0.717) is 11.5 Å². The fraction of sp³-hybridized carbons (Fsp3) is 0.476. The zero-order valence-corrected chi connectivity index (χ0v) is 14.6. The maximum absolute atomic E-state index is 13.8. The lowest BCUT2D eigenvalue weighted by Crippen LogP contribution is -2.13. The van der Waals surface area contributed by atoms with Crippen molar-refractivity contribution in [2.24, 2.45) is 5.92 Å². The molecular weight excluding hydrogens is 323 g/mol. The quantitative estimate of drug-likeness (QED) is 0.553. The van der Waals surface area contributed by atoms with Crippen LogP contribution in [0.25, 0.3) is 11.1 Å². The number of hydrogen-bond donors (Lipinski definition) is 0.